The number of hydrogen-bond acceptors (Lipinski definition) is 2. The smallest absolute Gasteiger partial charge is 0.130 e. The summed E-state index contributed by atoms with van der Waals surface area (Å²) in [5.41, 5.74) is 3.30. The van der Waals surface area contributed by atoms with Crippen LogP contribution in [0.2, 0.25) is 5.02 Å². The Morgan fingerprint density at radius 1 is 1.22 bits per heavy atom. The molecule has 1 aromatic heterocycles. The van der Waals surface area contributed by atoms with Gasteiger partial charge in [-0.15, -0.1) is 0 Å². The molecule has 18 heavy (non-hydrogen) atoms. The molecule has 0 unspecified atom stereocenters. The molecule has 1 heterocycles. The molecule has 0 atom stereocenters. The minimum Gasteiger partial charge on any atom is -0.300 e. The number of carbonyl (C=O) groups is 1. The number of aromatic nitrogens is 1. The van der Waals surface area contributed by atoms with E-state index in [1.165, 1.54) is 0 Å². The summed E-state index contributed by atoms with van der Waals surface area (Å²) >= 11 is 5.88. The lowest BCUT2D eigenvalue weighted by atomic mass is 9.98. The van der Waals surface area contributed by atoms with Crippen molar-refractivity contribution in [2.24, 2.45) is 0 Å². The number of nitrogens with zero attached hydrogens (tertiary/aromatic N) is 1. The molecule has 2 rings (SSSR count). The van der Waals surface area contributed by atoms with Crippen LogP contribution in [-0.2, 0) is 11.2 Å². The lowest BCUT2D eigenvalue weighted by molar-refractivity contribution is -0.116. The highest BCUT2D eigenvalue weighted by molar-refractivity contribution is 6.30. The van der Waals surface area contributed by atoms with Gasteiger partial charge in [-0.1, -0.05) is 23.7 Å². The fourth-order valence-electron chi connectivity index (χ4n) is 1.85. The average Bonchev–Trinajstić information content (AvgIpc) is 2.38. The first kappa shape index (κ1) is 12.8. The number of benzene rings is 1. The van der Waals surface area contributed by atoms with Crippen molar-refractivity contribution in [1.82, 2.24) is 4.98 Å². The van der Waals surface area contributed by atoms with Crippen LogP contribution in [0.4, 0.5) is 0 Å². The summed E-state index contributed by atoms with van der Waals surface area (Å²) in [6.07, 6.45) is 4.86. The van der Waals surface area contributed by atoms with E-state index in [-0.39, 0.29) is 5.78 Å². The number of rotatable bonds is 4. The van der Waals surface area contributed by atoms with E-state index in [4.69, 9.17) is 11.6 Å². The van der Waals surface area contributed by atoms with Gasteiger partial charge in [0.05, 0.1) is 0 Å². The van der Waals surface area contributed by atoms with Crippen LogP contribution in [0.25, 0.3) is 11.1 Å². The lowest BCUT2D eigenvalue weighted by Gasteiger charge is -2.08. The lowest BCUT2D eigenvalue weighted by Crippen LogP contribution is -1.97. The Bertz CT molecular complexity index is 549. The summed E-state index contributed by atoms with van der Waals surface area (Å²) in [4.78, 5) is 15.2. The first-order valence-electron chi connectivity index (χ1n) is 5.85. The molecule has 0 aliphatic rings. The number of pyridine rings is 1. The molecular weight excluding hydrogens is 246 g/mol. The summed E-state index contributed by atoms with van der Waals surface area (Å²) in [6.45, 7) is 1.61. The molecule has 2 aromatic rings. The van der Waals surface area contributed by atoms with Gasteiger partial charge < -0.3 is 4.79 Å². The number of aryl methyl sites for hydroxylation is 1. The highest BCUT2D eigenvalue weighted by atomic mass is 35.5. The molecule has 0 aliphatic heterocycles. The fourth-order valence-corrected chi connectivity index (χ4v) is 1.97. The standard InChI is InChI=1S/C15H14ClNO/c1-11(18)2-3-13-10-17-9-8-15(13)12-4-6-14(16)7-5-12/h4-10H,2-3H2,1H3. The van der Waals surface area contributed by atoms with E-state index in [1.807, 2.05) is 36.5 Å². The van der Waals surface area contributed by atoms with Crippen LogP contribution in [0.15, 0.2) is 42.7 Å². The maximum absolute atomic E-state index is 11.1. The predicted molar refractivity (Wildman–Crippen MR) is 73.7 cm³/mol. The van der Waals surface area contributed by atoms with Crippen LogP contribution in [0.5, 0.6) is 0 Å². The van der Waals surface area contributed by atoms with Crippen LogP contribution >= 0.6 is 11.6 Å². The molecule has 3 heteroatoms. The van der Waals surface area contributed by atoms with E-state index in [0.29, 0.717) is 6.42 Å². The summed E-state index contributed by atoms with van der Waals surface area (Å²) in [5.74, 6) is 0.195. The van der Waals surface area contributed by atoms with Gasteiger partial charge in [-0.3, -0.25) is 4.98 Å². The Morgan fingerprint density at radius 3 is 2.61 bits per heavy atom. The molecule has 0 spiro atoms. The van der Waals surface area contributed by atoms with E-state index in [1.54, 1.807) is 13.1 Å². The van der Waals surface area contributed by atoms with E-state index >= 15 is 0 Å². The van der Waals surface area contributed by atoms with Gasteiger partial charge in [-0.25, -0.2) is 0 Å². The molecule has 0 aliphatic carbocycles. The second-order valence-electron chi connectivity index (χ2n) is 4.24. The number of Topliss-reactive ketones (excluding diaryl/α,β-unsaturated/α-hetero) is 1. The van der Waals surface area contributed by atoms with E-state index in [0.717, 1.165) is 28.1 Å². The Hall–Kier alpha value is -1.67. The number of ketones is 1. The predicted octanol–water partition coefficient (Wildman–Crippen LogP) is 3.92. The van der Waals surface area contributed by atoms with Crippen molar-refractivity contribution in [3.05, 3.63) is 53.3 Å². The van der Waals surface area contributed by atoms with Crippen molar-refractivity contribution < 1.29 is 4.79 Å². The maximum Gasteiger partial charge on any atom is 0.130 e. The third-order valence-corrected chi connectivity index (χ3v) is 3.06. The molecule has 2 nitrogen and oxygen atoms in total. The maximum atomic E-state index is 11.1. The number of hydrogen-bond donors (Lipinski definition) is 0. The molecule has 0 fully saturated rings. The van der Waals surface area contributed by atoms with Crippen molar-refractivity contribution in [3.8, 4) is 11.1 Å². The second kappa shape index (κ2) is 5.78. The minimum absolute atomic E-state index is 0.195. The first-order chi connectivity index (χ1) is 8.66. The van der Waals surface area contributed by atoms with Crippen molar-refractivity contribution in [2.75, 3.05) is 0 Å². The van der Waals surface area contributed by atoms with Crippen molar-refractivity contribution in [3.63, 3.8) is 0 Å². The van der Waals surface area contributed by atoms with Crippen LogP contribution < -0.4 is 0 Å². The second-order valence-corrected chi connectivity index (χ2v) is 4.68. The summed E-state index contributed by atoms with van der Waals surface area (Å²) in [5, 5.41) is 0.720. The number of halogens is 1. The van der Waals surface area contributed by atoms with E-state index < -0.39 is 0 Å². The Labute approximate surface area is 112 Å². The first-order valence-corrected chi connectivity index (χ1v) is 6.23. The van der Waals surface area contributed by atoms with Gasteiger partial charge >= 0.3 is 0 Å². The fraction of sp³-hybridized carbons (Fsp3) is 0.200. The van der Waals surface area contributed by atoms with Crippen molar-refractivity contribution in [1.29, 1.82) is 0 Å². The number of carbonyl (C=O) groups excluding carboxylic acids is 1. The summed E-state index contributed by atoms with van der Waals surface area (Å²) in [6, 6.07) is 9.67. The molecule has 1 aromatic carbocycles. The third kappa shape index (κ3) is 3.17. The zero-order chi connectivity index (χ0) is 13.0. The highest BCUT2D eigenvalue weighted by Gasteiger charge is 2.06. The Balaban J connectivity index is 2.32. The van der Waals surface area contributed by atoms with Crippen LogP contribution in [0.3, 0.4) is 0 Å². The molecule has 0 amide bonds. The summed E-state index contributed by atoms with van der Waals surface area (Å²) < 4.78 is 0. The van der Waals surface area contributed by atoms with Gasteiger partial charge in [0, 0.05) is 23.8 Å². The molecule has 0 N–H and O–H groups in total. The van der Waals surface area contributed by atoms with Gasteiger partial charge in [0.1, 0.15) is 5.78 Å². The zero-order valence-electron chi connectivity index (χ0n) is 10.2. The summed E-state index contributed by atoms with van der Waals surface area (Å²) in [7, 11) is 0. The zero-order valence-corrected chi connectivity index (χ0v) is 10.9. The van der Waals surface area contributed by atoms with Crippen LogP contribution in [0, 0.1) is 0 Å². The monoisotopic (exact) mass is 259 g/mol. The minimum atomic E-state index is 0.195. The van der Waals surface area contributed by atoms with Gasteiger partial charge in [-0.05, 0) is 48.2 Å². The molecule has 0 bridgehead atoms. The molecular formula is C15H14ClNO. The van der Waals surface area contributed by atoms with Crippen LogP contribution in [-0.4, -0.2) is 10.8 Å². The molecule has 0 saturated carbocycles. The molecule has 0 saturated heterocycles. The van der Waals surface area contributed by atoms with Gasteiger partial charge in [0.15, 0.2) is 0 Å². The van der Waals surface area contributed by atoms with Gasteiger partial charge in [-0.2, -0.15) is 0 Å². The van der Waals surface area contributed by atoms with Crippen molar-refractivity contribution in [2.45, 2.75) is 19.8 Å². The van der Waals surface area contributed by atoms with Gasteiger partial charge in [0.25, 0.3) is 0 Å². The molecule has 92 valence electrons. The van der Waals surface area contributed by atoms with E-state index in [9.17, 15) is 4.79 Å². The highest BCUT2D eigenvalue weighted by Crippen LogP contribution is 2.25. The average molecular weight is 260 g/mol. The van der Waals surface area contributed by atoms with Crippen LogP contribution in [0.1, 0.15) is 18.9 Å². The normalized spacial score (nSPS) is 10.3. The quantitative estimate of drug-likeness (QED) is 0.833. The molecule has 0 radical (unpaired) electrons. The Kier molecular flexibility index (Phi) is 4.11. The van der Waals surface area contributed by atoms with Crippen molar-refractivity contribution >= 4 is 17.4 Å². The largest absolute Gasteiger partial charge is 0.300 e. The topological polar surface area (TPSA) is 30.0 Å². The SMILES string of the molecule is CC(=O)CCc1cnccc1-c1ccc(Cl)cc1. The van der Waals surface area contributed by atoms with E-state index in [2.05, 4.69) is 4.98 Å². The third-order valence-electron chi connectivity index (χ3n) is 2.81. The Morgan fingerprint density at radius 2 is 1.94 bits per heavy atom. The van der Waals surface area contributed by atoms with Gasteiger partial charge in [0.2, 0.25) is 0 Å².